The van der Waals surface area contributed by atoms with E-state index in [1.807, 2.05) is 12.1 Å². The van der Waals surface area contributed by atoms with Gasteiger partial charge in [0.1, 0.15) is 5.75 Å². The van der Waals surface area contributed by atoms with Gasteiger partial charge in [-0.25, -0.2) is 0 Å². The van der Waals surface area contributed by atoms with Crippen molar-refractivity contribution in [3.63, 3.8) is 0 Å². The molecule has 5 heteroatoms. The Kier molecular flexibility index (Phi) is 4.59. The van der Waals surface area contributed by atoms with Crippen LogP contribution >= 0.6 is 27.3 Å². The van der Waals surface area contributed by atoms with E-state index >= 15 is 0 Å². The number of thiophene rings is 1. The van der Waals surface area contributed by atoms with Crippen LogP contribution in [0.1, 0.15) is 22.9 Å². The first-order valence-electron chi connectivity index (χ1n) is 8.05. The molecule has 0 fully saturated rings. The number of ether oxygens (including phenoxy) is 1. The van der Waals surface area contributed by atoms with E-state index in [9.17, 15) is 0 Å². The summed E-state index contributed by atoms with van der Waals surface area (Å²) in [6.45, 7) is 0. The molecule has 3 aromatic rings. The lowest BCUT2D eigenvalue weighted by molar-refractivity contribution is 0.415. The number of hydrazone groups is 1. The molecular weight excluding hydrogens is 396 g/mol. The first kappa shape index (κ1) is 16.4. The Labute approximate surface area is 159 Å². The van der Waals surface area contributed by atoms with E-state index in [2.05, 4.69) is 74.8 Å². The third-order valence-electron chi connectivity index (χ3n) is 4.30. The standard InChI is InChI=1S/C20H17BrN2OS/c1-24-17-10-4-14(5-11-17)18-13-19(20-3-2-12-25-20)23(22-18)16-8-6-15(21)7-9-16/h2-12,19H,13H2,1H3/t19-/m1/s1. The van der Waals surface area contributed by atoms with Gasteiger partial charge in [-0.2, -0.15) is 5.10 Å². The predicted molar refractivity (Wildman–Crippen MR) is 108 cm³/mol. The monoisotopic (exact) mass is 412 g/mol. The highest BCUT2D eigenvalue weighted by molar-refractivity contribution is 9.10. The molecule has 4 rings (SSSR count). The topological polar surface area (TPSA) is 24.8 Å². The molecule has 1 aliphatic heterocycles. The maximum absolute atomic E-state index is 5.26. The largest absolute Gasteiger partial charge is 0.497 e. The molecule has 0 N–H and O–H groups in total. The minimum absolute atomic E-state index is 0.235. The summed E-state index contributed by atoms with van der Waals surface area (Å²) in [4.78, 5) is 1.33. The Morgan fingerprint density at radius 1 is 1.08 bits per heavy atom. The molecule has 25 heavy (non-hydrogen) atoms. The number of nitrogens with zero attached hydrogens (tertiary/aromatic N) is 2. The van der Waals surface area contributed by atoms with Crippen LogP contribution < -0.4 is 9.75 Å². The van der Waals surface area contributed by atoms with Gasteiger partial charge in [-0.1, -0.05) is 22.0 Å². The summed E-state index contributed by atoms with van der Waals surface area (Å²) in [5.41, 5.74) is 3.34. The summed E-state index contributed by atoms with van der Waals surface area (Å²) < 4.78 is 6.33. The minimum Gasteiger partial charge on any atom is -0.497 e. The van der Waals surface area contributed by atoms with Crippen molar-refractivity contribution in [3.05, 3.63) is 81.0 Å². The molecule has 0 bridgehead atoms. The molecule has 0 aliphatic carbocycles. The minimum atomic E-state index is 0.235. The van der Waals surface area contributed by atoms with E-state index in [0.29, 0.717) is 0 Å². The van der Waals surface area contributed by atoms with Crippen LogP contribution in [0.15, 0.2) is 75.6 Å². The van der Waals surface area contributed by atoms with Crippen molar-refractivity contribution in [1.82, 2.24) is 0 Å². The summed E-state index contributed by atoms with van der Waals surface area (Å²) in [7, 11) is 1.68. The second kappa shape index (κ2) is 7.02. The Hall–Kier alpha value is -2.11. The molecule has 0 unspecified atom stereocenters. The molecule has 1 aliphatic rings. The van der Waals surface area contributed by atoms with Gasteiger partial charge in [0, 0.05) is 15.8 Å². The highest BCUT2D eigenvalue weighted by Gasteiger charge is 2.30. The third-order valence-corrected chi connectivity index (χ3v) is 5.80. The number of rotatable bonds is 4. The van der Waals surface area contributed by atoms with Crippen LogP contribution in [0.3, 0.4) is 0 Å². The number of benzene rings is 2. The van der Waals surface area contributed by atoms with Gasteiger partial charge in [-0.05, 0) is 65.5 Å². The molecule has 126 valence electrons. The molecule has 2 aromatic carbocycles. The van der Waals surface area contributed by atoms with Crippen molar-refractivity contribution in [3.8, 4) is 5.75 Å². The van der Waals surface area contributed by atoms with Crippen molar-refractivity contribution < 1.29 is 4.74 Å². The lowest BCUT2D eigenvalue weighted by Crippen LogP contribution is -2.17. The van der Waals surface area contributed by atoms with Crippen LogP contribution in [-0.4, -0.2) is 12.8 Å². The van der Waals surface area contributed by atoms with Crippen LogP contribution in [0.5, 0.6) is 5.75 Å². The molecule has 0 radical (unpaired) electrons. The van der Waals surface area contributed by atoms with Gasteiger partial charge >= 0.3 is 0 Å². The van der Waals surface area contributed by atoms with Crippen molar-refractivity contribution in [2.24, 2.45) is 5.10 Å². The number of hydrogen-bond donors (Lipinski definition) is 0. The van der Waals surface area contributed by atoms with E-state index in [-0.39, 0.29) is 6.04 Å². The molecule has 2 heterocycles. The van der Waals surface area contributed by atoms with Gasteiger partial charge in [0.05, 0.1) is 24.6 Å². The number of methoxy groups -OCH3 is 1. The molecule has 0 amide bonds. The summed E-state index contributed by atoms with van der Waals surface area (Å²) >= 11 is 5.29. The Morgan fingerprint density at radius 3 is 2.48 bits per heavy atom. The lowest BCUT2D eigenvalue weighted by Gasteiger charge is -2.22. The maximum Gasteiger partial charge on any atom is 0.118 e. The smallest absolute Gasteiger partial charge is 0.118 e. The van der Waals surface area contributed by atoms with Crippen molar-refractivity contribution in [1.29, 1.82) is 0 Å². The highest BCUT2D eigenvalue weighted by atomic mass is 79.9. The zero-order valence-corrected chi connectivity index (χ0v) is 16.1. The zero-order chi connectivity index (χ0) is 17.2. The van der Waals surface area contributed by atoms with Gasteiger partial charge in [-0.15, -0.1) is 11.3 Å². The summed E-state index contributed by atoms with van der Waals surface area (Å²) in [5.74, 6) is 0.863. The molecular formula is C20H17BrN2OS. The first-order valence-corrected chi connectivity index (χ1v) is 9.72. The van der Waals surface area contributed by atoms with Crippen molar-refractivity contribution in [2.45, 2.75) is 12.5 Å². The quantitative estimate of drug-likeness (QED) is 0.534. The third kappa shape index (κ3) is 3.34. The lowest BCUT2D eigenvalue weighted by atomic mass is 10.0. The first-order chi connectivity index (χ1) is 12.2. The Balaban J connectivity index is 1.71. The van der Waals surface area contributed by atoms with Gasteiger partial charge in [0.2, 0.25) is 0 Å². The Morgan fingerprint density at radius 2 is 1.84 bits per heavy atom. The zero-order valence-electron chi connectivity index (χ0n) is 13.7. The average molecular weight is 413 g/mol. The molecule has 0 saturated heterocycles. The van der Waals surface area contributed by atoms with E-state index < -0.39 is 0 Å². The van der Waals surface area contributed by atoms with Gasteiger partial charge in [0.25, 0.3) is 0 Å². The van der Waals surface area contributed by atoms with E-state index in [1.165, 1.54) is 4.88 Å². The fraction of sp³-hybridized carbons (Fsp3) is 0.150. The normalized spacial score (nSPS) is 16.8. The SMILES string of the molecule is COc1ccc(C2=NN(c3ccc(Br)cc3)[C@@H](c3cccs3)C2)cc1. The van der Waals surface area contributed by atoms with Crippen molar-refractivity contribution in [2.75, 3.05) is 12.1 Å². The van der Waals surface area contributed by atoms with Crippen LogP contribution in [0.2, 0.25) is 0 Å². The fourth-order valence-corrected chi connectivity index (χ4v) is 4.08. The maximum atomic E-state index is 5.26. The number of halogens is 1. The van der Waals surface area contributed by atoms with E-state index in [1.54, 1.807) is 18.4 Å². The molecule has 0 spiro atoms. The molecule has 0 saturated carbocycles. The molecule has 3 nitrogen and oxygen atoms in total. The van der Waals surface area contributed by atoms with Crippen LogP contribution in [0.4, 0.5) is 5.69 Å². The summed E-state index contributed by atoms with van der Waals surface area (Å²) in [5, 5.41) is 9.21. The van der Waals surface area contributed by atoms with Crippen LogP contribution in [-0.2, 0) is 0 Å². The highest BCUT2D eigenvalue weighted by Crippen LogP contribution is 2.38. The van der Waals surface area contributed by atoms with Crippen molar-refractivity contribution >= 4 is 38.7 Å². The predicted octanol–water partition coefficient (Wildman–Crippen LogP) is 5.87. The van der Waals surface area contributed by atoms with E-state index in [0.717, 1.165) is 33.6 Å². The fourth-order valence-electron chi connectivity index (χ4n) is 3.00. The van der Waals surface area contributed by atoms with Gasteiger partial charge in [-0.3, -0.25) is 5.01 Å². The van der Waals surface area contributed by atoms with E-state index in [4.69, 9.17) is 9.84 Å². The Bertz CT molecular complexity index is 873. The molecule has 1 aromatic heterocycles. The van der Waals surface area contributed by atoms with Crippen LogP contribution in [0.25, 0.3) is 0 Å². The second-order valence-corrected chi connectivity index (χ2v) is 7.73. The van der Waals surface area contributed by atoms with Gasteiger partial charge < -0.3 is 4.74 Å². The van der Waals surface area contributed by atoms with Gasteiger partial charge in [0.15, 0.2) is 0 Å². The van der Waals surface area contributed by atoms with Crippen LogP contribution in [0, 0.1) is 0 Å². The summed E-state index contributed by atoms with van der Waals surface area (Å²) in [6, 6.07) is 21.0. The molecule has 1 atom stereocenters. The second-order valence-electron chi connectivity index (χ2n) is 5.83. The average Bonchev–Trinajstić information content (AvgIpc) is 3.32. The summed E-state index contributed by atoms with van der Waals surface area (Å²) in [6.07, 6.45) is 0.892. The number of anilines is 1. The number of hydrogen-bond acceptors (Lipinski definition) is 4.